The van der Waals surface area contributed by atoms with Crippen LogP contribution >= 0.6 is 0 Å². The molecule has 1 aliphatic rings. The lowest BCUT2D eigenvalue weighted by atomic mass is 9.63. The predicted octanol–water partition coefficient (Wildman–Crippen LogP) is 4.98. The van der Waals surface area contributed by atoms with Crippen molar-refractivity contribution in [2.45, 2.75) is 53.0 Å². The van der Waals surface area contributed by atoms with Gasteiger partial charge in [0.05, 0.1) is 0 Å². The van der Waals surface area contributed by atoms with Gasteiger partial charge in [-0.2, -0.15) is 0 Å². The van der Waals surface area contributed by atoms with Crippen molar-refractivity contribution in [1.29, 1.82) is 0 Å². The molecule has 0 saturated heterocycles. The maximum atomic E-state index is 13.7. The molecule has 1 N–H and O–H groups in total. The molecule has 0 amide bonds. The van der Waals surface area contributed by atoms with Crippen LogP contribution in [0.3, 0.4) is 0 Å². The first-order valence-corrected chi connectivity index (χ1v) is 6.89. The molecule has 0 atom stereocenters. The summed E-state index contributed by atoms with van der Waals surface area (Å²) in [7, 11) is 0. The summed E-state index contributed by atoms with van der Waals surface area (Å²) in [6, 6.07) is 4.10. The molecule has 0 bridgehead atoms. The summed E-state index contributed by atoms with van der Waals surface area (Å²) in [5, 5.41) is 3.08. The van der Waals surface area contributed by atoms with Crippen LogP contribution in [0.15, 0.2) is 18.2 Å². The molecule has 0 aromatic heterocycles. The number of hydrogen-bond acceptors (Lipinski definition) is 1. The number of rotatable bonds is 2. The van der Waals surface area contributed by atoms with Crippen molar-refractivity contribution in [3.63, 3.8) is 0 Å². The maximum Gasteiger partial charge on any atom is 0.149 e. The predicted molar refractivity (Wildman–Crippen MR) is 75.2 cm³/mol. The molecule has 1 aromatic carbocycles. The number of anilines is 1. The highest BCUT2D eigenvalue weighted by molar-refractivity contribution is 5.47. The smallest absolute Gasteiger partial charge is 0.149 e. The first kappa shape index (κ1) is 14.3. The van der Waals surface area contributed by atoms with Crippen LogP contribution in [0.5, 0.6) is 0 Å². The summed E-state index contributed by atoms with van der Waals surface area (Å²) in [6.07, 6.45) is 3.01. The van der Waals surface area contributed by atoms with E-state index in [1.165, 1.54) is 18.2 Å². The minimum atomic E-state index is -0.513. The lowest BCUT2D eigenvalue weighted by Crippen LogP contribution is -2.40. The van der Waals surface area contributed by atoms with Gasteiger partial charge < -0.3 is 5.32 Å². The Morgan fingerprint density at radius 3 is 1.95 bits per heavy atom. The van der Waals surface area contributed by atoms with Crippen molar-refractivity contribution in [3.05, 3.63) is 29.8 Å². The van der Waals surface area contributed by atoms with E-state index in [1.807, 2.05) is 0 Å². The van der Waals surface area contributed by atoms with Crippen LogP contribution in [-0.2, 0) is 0 Å². The fourth-order valence-corrected chi connectivity index (χ4v) is 3.79. The largest absolute Gasteiger partial charge is 0.378 e. The third-order valence-electron chi connectivity index (χ3n) is 3.87. The third-order valence-corrected chi connectivity index (χ3v) is 3.87. The Hall–Kier alpha value is -1.12. The van der Waals surface area contributed by atoms with Crippen LogP contribution in [-0.4, -0.2) is 6.04 Å². The minimum Gasteiger partial charge on any atom is -0.378 e. The quantitative estimate of drug-likeness (QED) is 0.796. The second-order valence-corrected chi connectivity index (χ2v) is 7.35. The molecule has 0 aliphatic heterocycles. The third kappa shape index (κ3) is 3.46. The van der Waals surface area contributed by atoms with Gasteiger partial charge in [-0.1, -0.05) is 33.8 Å². The molecular weight excluding hydrogens is 244 g/mol. The summed E-state index contributed by atoms with van der Waals surface area (Å²) >= 11 is 0. The zero-order valence-corrected chi connectivity index (χ0v) is 12.2. The normalized spacial score (nSPS) is 22.2. The average Bonchev–Trinajstić information content (AvgIpc) is 2.19. The van der Waals surface area contributed by atoms with E-state index >= 15 is 0 Å². The van der Waals surface area contributed by atoms with Gasteiger partial charge in [-0.05, 0) is 42.2 Å². The molecular formula is C16H23F2N. The highest BCUT2D eigenvalue weighted by Crippen LogP contribution is 2.46. The highest BCUT2D eigenvalue weighted by atomic mass is 19.1. The lowest BCUT2D eigenvalue weighted by molar-refractivity contribution is 0.105. The zero-order valence-electron chi connectivity index (χ0n) is 12.2. The molecule has 0 spiro atoms. The first-order valence-electron chi connectivity index (χ1n) is 6.89. The van der Waals surface area contributed by atoms with Crippen LogP contribution in [0.4, 0.5) is 14.5 Å². The van der Waals surface area contributed by atoms with E-state index in [9.17, 15) is 8.78 Å². The van der Waals surface area contributed by atoms with E-state index in [-0.39, 0.29) is 22.6 Å². The summed E-state index contributed by atoms with van der Waals surface area (Å²) in [5.41, 5.74) is 0.406. The number of halogens is 2. The average molecular weight is 267 g/mol. The number of hydrogen-bond donors (Lipinski definition) is 1. The van der Waals surface area contributed by atoms with Crippen molar-refractivity contribution in [2.24, 2.45) is 10.8 Å². The zero-order chi connectivity index (χ0) is 14.3. The second kappa shape index (κ2) is 4.77. The Balaban J connectivity index is 2.19. The monoisotopic (exact) mass is 267 g/mol. The van der Waals surface area contributed by atoms with Crippen molar-refractivity contribution >= 4 is 5.69 Å². The van der Waals surface area contributed by atoms with E-state index in [2.05, 4.69) is 33.0 Å². The van der Waals surface area contributed by atoms with Gasteiger partial charge in [-0.3, -0.25) is 0 Å². The summed E-state index contributed by atoms with van der Waals surface area (Å²) < 4.78 is 27.4. The van der Waals surface area contributed by atoms with Gasteiger partial charge in [0, 0.05) is 6.04 Å². The number of para-hydroxylation sites is 1. The fraction of sp³-hybridized carbons (Fsp3) is 0.625. The summed E-state index contributed by atoms with van der Waals surface area (Å²) in [6.45, 7) is 8.89. The molecule has 0 unspecified atom stereocenters. The molecule has 1 nitrogen and oxygen atoms in total. The molecule has 1 saturated carbocycles. The number of nitrogens with one attached hydrogen (secondary N) is 1. The Morgan fingerprint density at radius 1 is 1.00 bits per heavy atom. The van der Waals surface area contributed by atoms with Crippen molar-refractivity contribution in [2.75, 3.05) is 5.32 Å². The van der Waals surface area contributed by atoms with E-state index in [4.69, 9.17) is 0 Å². The summed E-state index contributed by atoms with van der Waals surface area (Å²) in [4.78, 5) is 0. The Morgan fingerprint density at radius 2 is 1.47 bits per heavy atom. The van der Waals surface area contributed by atoms with Crippen molar-refractivity contribution in [3.8, 4) is 0 Å². The van der Waals surface area contributed by atoms with E-state index in [1.54, 1.807) is 0 Å². The standard InChI is InChI=1S/C16H23F2N/c1-15(2)8-11(9-16(3,4)10-15)19-14-12(17)6-5-7-13(14)18/h5-7,11,19H,8-10H2,1-4H3. The minimum absolute atomic E-state index is 0.0148. The van der Waals surface area contributed by atoms with Crippen LogP contribution in [0.1, 0.15) is 47.0 Å². The number of benzene rings is 1. The van der Waals surface area contributed by atoms with Crippen LogP contribution < -0.4 is 5.32 Å². The SMILES string of the molecule is CC1(C)CC(Nc2c(F)cccc2F)CC(C)(C)C1. The van der Waals surface area contributed by atoms with Crippen LogP contribution in [0.2, 0.25) is 0 Å². The highest BCUT2D eigenvalue weighted by Gasteiger charge is 2.38. The summed E-state index contributed by atoms with van der Waals surface area (Å²) in [5.74, 6) is -1.03. The van der Waals surface area contributed by atoms with Gasteiger partial charge in [-0.15, -0.1) is 0 Å². The molecule has 1 aliphatic carbocycles. The molecule has 106 valence electrons. The van der Waals surface area contributed by atoms with Gasteiger partial charge in [-0.25, -0.2) is 8.78 Å². The van der Waals surface area contributed by atoms with Crippen molar-refractivity contribution < 1.29 is 8.78 Å². The molecule has 0 radical (unpaired) electrons. The van der Waals surface area contributed by atoms with Crippen LogP contribution in [0, 0.1) is 22.5 Å². The molecule has 3 heteroatoms. The van der Waals surface area contributed by atoms with Crippen LogP contribution in [0.25, 0.3) is 0 Å². The van der Waals surface area contributed by atoms with Gasteiger partial charge in [0.2, 0.25) is 0 Å². The lowest BCUT2D eigenvalue weighted by Gasteiger charge is -2.45. The Kier molecular flexibility index (Phi) is 3.59. The van der Waals surface area contributed by atoms with E-state index in [0.29, 0.717) is 0 Å². The van der Waals surface area contributed by atoms with Crippen molar-refractivity contribution in [1.82, 2.24) is 0 Å². The van der Waals surface area contributed by atoms with E-state index < -0.39 is 11.6 Å². The Labute approximate surface area is 114 Å². The second-order valence-electron chi connectivity index (χ2n) is 7.35. The van der Waals surface area contributed by atoms with Gasteiger partial charge in [0.1, 0.15) is 17.3 Å². The van der Waals surface area contributed by atoms with Gasteiger partial charge >= 0.3 is 0 Å². The Bertz CT molecular complexity index is 430. The van der Waals surface area contributed by atoms with E-state index in [0.717, 1.165) is 19.3 Å². The molecule has 0 heterocycles. The fourth-order valence-electron chi connectivity index (χ4n) is 3.79. The molecule has 19 heavy (non-hydrogen) atoms. The topological polar surface area (TPSA) is 12.0 Å². The molecule has 1 fully saturated rings. The molecule has 2 rings (SSSR count). The first-order chi connectivity index (χ1) is 8.69. The maximum absolute atomic E-state index is 13.7. The molecule has 1 aromatic rings. The van der Waals surface area contributed by atoms with Gasteiger partial charge in [0.15, 0.2) is 0 Å². The van der Waals surface area contributed by atoms with Gasteiger partial charge in [0.25, 0.3) is 0 Å².